The first-order chi connectivity index (χ1) is 10.7. The highest BCUT2D eigenvalue weighted by atomic mass is 19.4. The third-order valence-corrected chi connectivity index (χ3v) is 4.66. The van der Waals surface area contributed by atoms with E-state index < -0.39 is 36.2 Å². The molecule has 1 aliphatic carbocycles. The van der Waals surface area contributed by atoms with Crippen molar-refractivity contribution in [1.29, 1.82) is 0 Å². The van der Waals surface area contributed by atoms with E-state index in [-0.39, 0.29) is 19.0 Å². The average molecular weight is 338 g/mol. The number of amides is 2. The van der Waals surface area contributed by atoms with E-state index in [0.717, 1.165) is 4.90 Å². The van der Waals surface area contributed by atoms with Gasteiger partial charge in [0.2, 0.25) is 0 Å². The molecule has 1 aliphatic heterocycles. The average Bonchev–Trinajstić information content (AvgIpc) is 2.95. The van der Waals surface area contributed by atoms with Gasteiger partial charge in [-0.15, -0.1) is 0 Å². The number of carbonyl (C=O) groups excluding carboxylic acids is 1. The predicted octanol–water partition coefficient (Wildman–Crippen LogP) is 1.73. The molecular weight excluding hydrogens is 317 g/mol. The van der Waals surface area contributed by atoms with Crippen LogP contribution in [0.3, 0.4) is 0 Å². The molecule has 2 atom stereocenters. The number of likely N-dealkylation sites (tertiary alicyclic amines) is 1. The highest BCUT2D eigenvalue weighted by Crippen LogP contribution is 2.31. The van der Waals surface area contributed by atoms with Crippen LogP contribution < -0.4 is 5.32 Å². The molecule has 1 saturated carbocycles. The number of rotatable bonds is 3. The van der Waals surface area contributed by atoms with E-state index in [4.69, 9.17) is 5.11 Å². The molecular formula is C14H21F3N2O4. The Morgan fingerprint density at radius 2 is 1.74 bits per heavy atom. The van der Waals surface area contributed by atoms with Crippen molar-refractivity contribution in [2.75, 3.05) is 6.54 Å². The van der Waals surface area contributed by atoms with Gasteiger partial charge >= 0.3 is 18.2 Å². The topological polar surface area (TPSA) is 89.9 Å². The minimum Gasteiger partial charge on any atom is -0.481 e. The Morgan fingerprint density at radius 1 is 1.13 bits per heavy atom. The van der Waals surface area contributed by atoms with E-state index in [2.05, 4.69) is 5.32 Å². The molecule has 0 aromatic rings. The largest absolute Gasteiger partial charge is 0.481 e. The van der Waals surface area contributed by atoms with Gasteiger partial charge in [0.25, 0.3) is 0 Å². The van der Waals surface area contributed by atoms with Crippen LogP contribution in [0.2, 0.25) is 0 Å². The maximum Gasteiger partial charge on any atom is 0.416 e. The molecule has 23 heavy (non-hydrogen) atoms. The summed E-state index contributed by atoms with van der Waals surface area (Å²) in [7, 11) is 0. The summed E-state index contributed by atoms with van der Waals surface area (Å²) in [5, 5.41) is 21.0. The number of hydrogen-bond acceptors (Lipinski definition) is 3. The Bertz CT molecular complexity index is 450. The minimum absolute atomic E-state index is 0.111. The van der Waals surface area contributed by atoms with Crippen LogP contribution in [0.25, 0.3) is 0 Å². The molecule has 2 unspecified atom stereocenters. The maximum atomic E-state index is 12.7. The molecule has 9 heteroatoms. The monoisotopic (exact) mass is 338 g/mol. The van der Waals surface area contributed by atoms with Gasteiger partial charge in [-0.25, -0.2) is 4.79 Å². The second-order valence-electron chi connectivity index (χ2n) is 6.23. The molecule has 0 radical (unpaired) electrons. The van der Waals surface area contributed by atoms with Crippen LogP contribution in [0.5, 0.6) is 0 Å². The van der Waals surface area contributed by atoms with E-state index in [1.54, 1.807) is 0 Å². The normalized spacial score (nSPS) is 30.1. The van der Waals surface area contributed by atoms with Gasteiger partial charge < -0.3 is 20.4 Å². The number of aliphatic carboxylic acids is 1. The number of nitrogens with zero attached hydrogens (tertiary/aromatic N) is 1. The number of halogens is 3. The van der Waals surface area contributed by atoms with Crippen LogP contribution in [-0.4, -0.2) is 58.0 Å². The Morgan fingerprint density at radius 3 is 2.26 bits per heavy atom. The van der Waals surface area contributed by atoms with Crippen molar-refractivity contribution in [3.63, 3.8) is 0 Å². The lowest BCUT2D eigenvalue weighted by Crippen LogP contribution is -2.53. The highest BCUT2D eigenvalue weighted by Gasteiger charge is 2.48. The first-order valence-corrected chi connectivity index (χ1v) is 7.75. The van der Waals surface area contributed by atoms with Crippen molar-refractivity contribution >= 4 is 12.0 Å². The van der Waals surface area contributed by atoms with Crippen LogP contribution in [0.4, 0.5) is 18.0 Å². The van der Waals surface area contributed by atoms with Gasteiger partial charge in [-0.05, 0) is 38.5 Å². The van der Waals surface area contributed by atoms with Crippen LogP contribution in [0.1, 0.15) is 38.5 Å². The summed E-state index contributed by atoms with van der Waals surface area (Å²) < 4.78 is 38.0. The second-order valence-corrected chi connectivity index (χ2v) is 6.23. The number of carbonyl (C=O) groups is 2. The summed E-state index contributed by atoms with van der Waals surface area (Å²) >= 11 is 0. The number of nitrogens with one attached hydrogen (secondary N) is 1. The summed E-state index contributed by atoms with van der Waals surface area (Å²) in [6, 6.07) is -2.11. The zero-order chi connectivity index (χ0) is 17.2. The van der Waals surface area contributed by atoms with Crippen LogP contribution in [0, 0.1) is 5.92 Å². The molecule has 2 fully saturated rings. The van der Waals surface area contributed by atoms with Crippen molar-refractivity contribution in [3.8, 4) is 0 Å². The number of hydrogen-bond donors (Lipinski definition) is 3. The molecule has 2 rings (SSSR count). The maximum absolute atomic E-state index is 12.7. The summed E-state index contributed by atoms with van der Waals surface area (Å²) in [6.07, 6.45) is -4.92. The van der Waals surface area contributed by atoms with E-state index in [1.807, 2.05) is 0 Å². The highest BCUT2D eigenvalue weighted by molar-refractivity contribution is 5.75. The van der Waals surface area contributed by atoms with Crippen LogP contribution in [0.15, 0.2) is 0 Å². The van der Waals surface area contributed by atoms with Crippen LogP contribution in [-0.2, 0) is 4.79 Å². The number of alkyl halides is 3. The van der Waals surface area contributed by atoms with E-state index in [1.165, 1.54) is 0 Å². The molecule has 1 heterocycles. The summed E-state index contributed by atoms with van der Waals surface area (Å²) in [5.41, 5.74) is 0. The van der Waals surface area contributed by atoms with Crippen molar-refractivity contribution in [2.45, 2.75) is 62.9 Å². The fourth-order valence-corrected chi connectivity index (χ4v) is 3.33. The van der Waals surface area contributed by atoms with Gasteiger partial charge in [0.1, 0.15) is 0 Å². The smallest absolute Gasteiger partial charge is 0.416 e. The number of carboxylic acid groups (broad SMARTS) is 1. The van der Waals surface area contributed by atoms with Gasteiger partial charge in [-0.1, -0.05) is 0 Å². The fourth-order valence-electron chi connectivity index (χ4n) is 3.33. The minimum atomic E-state index is -4.76. The summed E-state index contributed by atoms with van der Waals surface area (Å²) in [5.74, 6) is -1.28. The molecule has 6 nitrogen and oxygen atoms in total. The first kappa shape index (κ1) is 17.8. The van der Waals surface area contributed by atoms with E-state index >= 15 is 0 Å². The third-order valence-electron chi connectivity index (χ3n) is 4.66. The number of urea groups is 1. The van der Waals surface area contributed by atoms with Gasteiger partial charge in [0.05, 0.1) is 12.0 Å². The molecule has 1 saturated heterocycles. The molecule has 132 valence electrons. The standard InChI is InChI=1S/C14H21F3N2O4/c15-14(16,17)11(20)10-2-1-7-19(10)13(23)18-9-5-3-8(4-6-9)12(21)22/h8-11,20H,1-7H2,(H,18,23)(H,21,22). The molecule has 0 spiro atoms. The zero-order valence-corrected chi connectivity index (χ0v) is 12.6. The Kier molecular flexibility index (Phi) is 5.38. The van der Waals surface area contributed by atoms with Gasteiger partial charge in [0, 0.05) is 12.6 Å². The predicted molar refractivity (Wildman–Crippen MR) is 73.7 cm³/mol. The molecule has 0 aromatic heterocycles. The van der Waals surface area contributed by atoms with E-state index in [0.29, 0.717) is 32.1 Å². The number of carboxylic acids is 1. The fraction of sp³-hybridized carbons (Fsp3) is 0.857. The van der Waals surface area contributed by atoms with E-state index in [9.17, 15) is 27.9 Å². The zero-order valence-electron chi connectivity index (χ0n) is 12.6. The molecule has 0 bridgehead atoms. The van der Waals surface area contributed by atoms with Crippen molar-refractivity contribution in [1.82, 2.24) is 10.2 Å². The summed E-state index contributed by atoms with van der Waals surface area (Å²) in [6.45, 7) is 0.175. The van der Waals surface area contributed by atoms with Gasteiger partial charge in [0.15, 0.2) is 6.10 Å². The number of aliphatic hydroxyl groups is 1. The molecule has 2 aliphatic rings. The Labute approximate surface area is 131 Å². The quantitative estimate of drug-likeness (QED) is 0.731. The lowest BCUT2D eigenvalue weighted by Gasteiger charge is -2.33. The van der Waals surface area contributed by atoms with Crippen molar-refractivity contribution in [2.24, 2.45) is 5.92 Å². The second kappa shape index (κ2) is 6.94. The van der Waals surface area contributed by atoms with Gasteiger partial charge in [-0.3, -0.25) is 4.79 Å². The van der Waals surface area contributed by atoms with Crippen LogP contribution >= 0.6 is 0 Å². The molecule has 0 aromatic carbocycles. The van der Waals surface area contributed by atoms with Gasteiger partial charge in [-0.2, -0.15) is 13.2 Å². The molecule has 2 amide bonds. The van der Waals surface area contributed by atoms with Crippen molar-refractivity contribution < 1.29 is 33.0 Å². The lowest BCUT2D eigenvalue weighted by molar-refractivity contribution is -0.216. The Hall–Kier alpha value is -1.51. The van der Waals surface area contributed by atoms with Crippen molar-refractivity contribution in [3.05, 3.63) is 0 Å². The third kappa shape index (κ3) is 4.27. The molecule has 3 N–H and O–H groups in total. The SMILES string of the molecule is O=C(O)C1CCC(NC(=O)N2CCCC2C(O)C(F)(F)F)CC1. The summed E-state index contributed by atoms with van der Waals surface area (Å²) in [4.78, 5) is 24.1. The first-order valence-electron chi connectivity index (χ1n) is 7.75. The lowest BCUT2D eigenvalue weighted by atomic mass is 9.86. The number of aliphatic hydroxyl groups excluding tert-OH is 1. The Balaban J connectivity index is 1.89.